The van der Waals surface area contributed by atoms with Gasteiger partial charge in [0.1, 0.15) is 11.9 Å². The summed E-state index contributed by atoms with van der Waals surface area (Å²) in [5, 5.41) is 0.698. The molecule has 0 spiro atoms. The normalized spacial score (nSPS) is 29.8. The second-order valence-corrected chi connectivity index (χ2v) is 6.82. The molecule has 0 aliphatic heterocycles. The number of hydrogen-bond acceptors (Lipinski definition) is 2. The second-order valence-electron chi connectivity index (χ2n) is 6.39. The fourth-order valence-electron chi connectivity index (χ4n) is 3.16. The van der Waals surface area contributed by atoms with Crippen LogP contribution in [0.5, 0.6) is 5.75 Å². The van der Waals surface area contributed by atoms with Crippen LogP contribution in [0.1, 0.15) is 40.0 Å². The molecule has 20 heavy (non-hydrogen) atoms. The van der Waals surface area contributed by atoms with E-state index < -0.39 is 0 Å². The molecule has 1 aromatic carbocycles. The maximum absolute atomic E-state index is 6.43. The molecule has 0 bridgehead atoms. The molecular formula is C17H26ClNO. The van der Waals surface area contributed by atoms with E-state index in [4.69, 9.17) is 22.1 Å². The van der Waals surface area contributed by atoms with E-state index >= 15 is 0 Å². The maximum atomic E-state index is 6.43. The lowest BCUT2D eigenvalue weighted by molar-refractivity contribution is 0.110. The zero-order valence-corrected chi connectivity index (χ0v) is 13.4. The van der Waals surface area contributed by atoms with Crippen molar-refractivity contribution in [3.8, 4) is 5.75 Å². The van der Waals surface area contributed by atoms with Crippen molar-refractivity contribution in [1.29, 1.82) is 0 Å². The number of ether oxygens (including phenoxy) is 1. The number of rotatable bonds is 4. The van der Waals surface area contributed by atoms with Crippen molar-refractivity contribution >= 4 is 11.6 Å². The Morgan fingerprint density at radius 1 is 1.25 bits per heavy atom. The maximum Gasteiger partial charge on any atom is 0.121 e. The summed E-state index contributed by atoms with van der Waals surface area (Å²) in [5.41, 5.74) is 6.43. The van der Waals surface area contributed by atoms with E-state index in [1.165, 1.54) is 19.3 Å². The molecule has 0 saturated heterocycles. The van der Waals surface area contributed by atoms with E-state index in [0.29, 0.717) is 10.9 Å². The standard InChI is InChI=1S/C17H26ClNO/c1-11-7-8-14(9-12(11)2)17(19)13(3)20-16-6-4-5-15(18)10-16/h4-6,10-14,17H,7-9,19H2,1-3H3. The first-order valence-corrected chi connectivity index (χ1v) is 8.03. The lowest BCUT2D eigenvalue weighted by atomic mass is 9.72. The van der Waals surface area contributed by atoms with Gasteiger partial charge in [-0.3, -0.25) is 0 Å². The fourth-order valence-corrected chi connectivity index (χ4v) is 3.34. The highest BCUT2D eigenvalue weighted by Gasteiger charge is 2.31. The van der Waals surface area contributed by atoms with Crippen molar-refractivity contribution in [2.45, 2.75) is 52.2 Å². The van der Waals surface area contributed by atoms with Crippen molar-refractivity contribution in [1.82, 2.24) is 0 Å². The van der Waals surface area contributed by atoms with Gasteiger partial charge in [0, 0.05) is 11.1 Å². The first-order valence-electron chi connectivity index (χ1n) is 7.65. The predicted octanol–water partition coefficient (Wildman–Crippen LogP) is 4.51. The van der Waals surface area contributed by atoms with Crippen LogP contribution >= 0.6 is 11.6 Å². The molecule has 0 radical (unpaired) electrons. The lowest BCUT2D eigenvalue weighted by Crippen LogP contribution is -2.45. The van der Waals surface area contributed by atoms with Gasteiger partial charge in [-0.1, -0.05) is 37.9 Å². The highest BCUT2D eigenvalue weighted by Crippen LogP contribution is 2.35. The highest BCUT2D eigenvalue weighted by molar-refractivity contribution is 6.30. The minimum Gasteiger partial charge on any atom is -0.489 e. The average Bonchev–Trinajstić information content (AvgIpc) is 2.41. The van der Waals surface area contributed by atoms with Crippen LogP contribution in [0.25, 0.3) is 0 Å². The SMILES string of the molecule is CC1CCC(C(N)C(C)Oc2cccc(Cl)c2)CC1C. The zero-order valence-electron chi connectivity index (χ0n) is 12.7. The Bertz CT molecular complexity index is 437. The van der Waals surface area contributed by atoms with Crippen LogP contribution in [-0.2, 0) is 0 Å². The third kappa shape index (κ3) is 3.89. The Morgan fingerprint density at radius 3 is 2.65 bits per heavy atom. The van der Waals surface area contributed by atoms with E-state index in [0.717, 1.165) is 17.6 Å². The fraction of sp³-hybridized carbons (Fsp3) is 0.647. The number of hydrogen-bond donors (Lipinski definition) is 1. The molecule has 5 atom stereocenters. The minimum absolute atomic E-state index is 0.0130. The van der Waals surface area contributed by atoms with Gasteiger partial charge in [0.2, 0.25) is 0 Å². The Balaban J connectivity index is 1.93. The molecule has 0 aromatic heterocycles. The summed E-state index contributed by atoms with van der Waals surface area (Å²) >= 11 is 5.98. The molecule has 1 aliphatic carbocycles. The van der Waals surface area contributed by atoms with Gasteiger partial charge in [0.25, 0.3) is 0 Å². The van der Waals surface area contributed by atoms with E-state index in [9.17, 15) is 0 Å². The predicted molar refractivity (Wildman–Crippen MR) is 85.2 cm³/mol. The van der Waals surface area contributed by atoms with Gasteiger partial charge < -0.3 is 10.5 Å². The first kappa shape index (κ1) is 15.7. The van der Waals surface area contributed by atoms with Crippen molar-refractivity contribution in [3.05, 3.63) is 29.3 Å². The molecule has 1 saturated carbocycles. The largest absolute Gasteiger partial charge is 0.489 e. The molecule has 0 heterocycles. The van der Waals surface area contributed by atoms with Crippen molar-refractivity contribution in [2.24, 2.45) is 23.5 Å². The van der Waals surface area contributed by atoms with Crippen LogP contribution < -0.4 is 10.5 Å². The Labute approximate surface area is 127 Å². The van der Waals surface area contributed by atoms with Crippen LogP contribution in [-0.4, -0.2) is 12.1 Å². The minimum atomic E-state index is 0.0130. The van der Waals surface area contributed by atoms with Gasteiger partial charge >= 0.3 is 0 Å². The van der Waals surface area contributed by atoms with Crippen molar-refractivity contribution in [2.75, 3.05) is 0 Å². The quantitative estimate of drug-likeness (QED) is 0.887. The molecule has 2 nitrogen and oxygen atoms in total. The molecule has 5 unspecified atom stereocenters. The van der Waals surface area contributed by atoms with E-state index in [1.807, 2.05) is 24.3 Å². The average molecular weight is 296 g/mol. The Morgan fingerprint density at radius 2 is 2.00 bits per heavy atom. The number of halogens is 1. The molecule has 1 aromatic rings. The van der Waals surface area contributed by atoms with Crippen molar-refractivity contribution in [3.63, 3.8) is 0 Å². The van der Waals surface area contributed by atoms with Gasteiger partial charge in [-0.15, -0.1) is 0 Å². The van der Waals surface area contributed by atoms with Crippen LogP contribution in [0.2, 0.25) is 5.02 Å². The van der Waals surface area contributed by atoms with E-state index in [2.05, 4.69) is 20.8 Å². The van der Waals surface area contributed by atoms with Gasteiger partial charge in [-0.05, 0) is 55.7 Å². The summed E-state index contributed by atoms with van der Waals surface area (Å²) in [6, 6.07) is 7.62. The molecule has 3 heteroatoms. The molecule has 1 aliphatic rings. The van der Waals surface area contributed by atoms with Crippen LogP contribution in [0.15, 0.2) is 24.3 Å². The van der Waals surface area contributed by atoms with Gasteiger partial charge in [-0.2, -0.15) is 0 Å². The van der Waals surface area contributed by atoms with Gasteiger partial charge in [0.05, 0.1) is 0 Å². The topological polar surface area (TPSA) is 35.2 Å². The summed E-state index contributed by atoms with van der Waals surface area (Å²) in [6.45, 7) is 6.75. The number of benzene rings is 1. The molecule has 1 fully saturated rings. The molecule has 0 amide bonds. The van der Waals surface area contributed by atoms with Gasteiger partial charge in [0.15, 0.2) is 0 Å². The third-order valence-corrected chi connectivity index (χ3v) is 5.08. The number of nitrogens with two attached hydrogens (primary N) is 1. The Kier molecular flexibility index (Phi) is 5.34. The second kappa shape index (κ2) is 6.82. The molecule has 112 valence electrons. The summed E-state index contributed by atoms with van der Waals surface area (Å²) in [4.78, 5) is 0. The van der Waals surface area contributed by atoms with Crippen LogP contribution in [0, 0.1) is 17.8 Å². The van der Waals surface area contributed by atoms with E-state index in [1.54, 1.807) is 0 Å². The molecule has 2 rings (SSSR count). The van der Waals surface area contributed by atoms with E-state index in [-0.39, 0.29) is 12.1 Å². The monoisotopic (exact) mass is 295 g/mol. The highest BCUT2D eigenvalue weighted by atomic mass is 35.5. The summed E-state index contributed by atoms with van der Waals surface area (Å²) in [6.07, 6.45) is 3.73. The smallest absolute Gasteiger partial charge is 0.121 e. The Hall–Kier alpha value is -0.730. The van der Waals surface area contributed by atoms with Crippen LogP contribution in [0.3, 0.4) is 0 Å². The third-order valence-electron chi connectivity index (χ3n) is 4.84. The van der Waals surface area contributed by atoms with Crippen LogP contribution in [0.4, 0.5) is 0 Å². The van der Waals surface area contributed by atoms with Gasteiger partial charge in [-0.25, -0.2) is 0 Å². The summed E-state index contributed by atoms with van der Waals surface area (Å²) in [7, 11) is 0. The first-order chi connectivity index (χ1) is 9.47. The summed E-state index contributed by atoms with van der Waals surface area (Å²) in [5.74, 6) is 2.95. The lowest BCUT2D eigenvalue weighted by Gasteiger charge is -2.37. The zero-order chi connectivity index (χ0) is 14.7. The summed E-state index contributed by atoms with van der Waals surface area (Å²) < 4.78 is 5.96. The van der Waals surface area contributed by atoms with Crippen molar-refractivity contribution < 1.29 is 4.74 Å². The molecule has 2 N–H and O–H groups in total. The molecular weight excluding hydrogens is 270 g/mol.